The lowest BCUT2D eigenvalue weighted by molar-refractivity contribution is 0.0979. The Balaban J connectivity index is 2.05. The van der Waals surface area contributed by atoms with Gasteiger partial charge in [0.1, 0.15) is 0 Å². The number of aryl methyl sites for hydroxylation is 1. The highest BCUT2D eigenvalue weighted by atomic mass is 35.5. The Morgan fingerprint density at radius 2 is 1.71 bits per heavy atom. The molecule has 0 spiro atoms. The summed E-state index contributed by atoms with van der Waals surface area (Å²) >= 11 is 5.87. The third kappa shape index (κ3) is 4.29. The molecule has 0 N–H and O–H groups in total. The summed E-state index contributed by atoms with van der Waals surface area (Å²) in [7, 11) is -4.16. The monoisotopic (exact) mass is 417 g/mol. The van der Waals surface area contributed by atoms with Crippen molar-refractivity contribution >= 4 is 33.2 Å². The summed E-state index contributed by atoms with van der Waals surface area (Å²) in [6, 6.07) is 15.6. The second kappa shape index (κ2) is 8.63. The maximum atomic E-state index is 13.3. The second-order valence-corrected chi connectivity index (χ2v) is 8.50. The zero-order valence-electron chi connectivity index (χ0n) is 15.3. The van der Waals surface area contributed by atoms with Gasteiger partial charge in [-0.3, -0.25) is 4.79 Å². The molecule has 3 aromatic rings. The Bertz CT molecular complexity index is 1030. The summed E-state index contributed by atoms with van der Waals surface area (Å²) in [6.45, 7) is 2.11. The molecule has 0 saturated heterocycles. The highest BCUT2D eigenvalue weighted by Crippen LogP contribution is 2.27. The SMILES string of the molecule is CCCCc1ccc(N(C(=O)c2ccco2)S(=O)(=O)c2ccc(Cl)cc2)cc1. The molecule has 5 nitrogen and oxygen atoms in total. The van der Waals surface area contributed by atoms with E-state index in [1.165, 1.54) is 42.7 Å². The molecular formula is C21H20ClNO4S. The summed E-state index contributed by atoms with van der Waals surface area (Å²) in [5.41, 5.74) is 1.33. The van der Waals surface area contributed by atoms with Gasteiger partial charge >= 0.3 is 5.91 Å². The molecule has 3 rings (SSSR count). The van der Waals surface area contributed by atoms with Crippen molar-refractivity contribution in [1.29, 1.82) is 0 Å². The Morgan fingerprint density at radius 3 is 2.29 bits per heavy atom. The molecule has 146 valence electrons. The number of carbonyl (C=O) groups excluding carboxylic acids is 1. The number of hydrogen-bond donors (Lipinski definition) is 0. The molecule has 0 bridgehead atoms. The van der Waals surface area contributed by atoms with Crippen LogP contribution in [0.5, 0.6) is 0 Å². The molecule has 0 aliphatic carbocycles. The highest BCUT2D eigenvalue weighted by Gasteiger charge is 2.33. The zero-order chi connectivity index (χ0) is 20.1. The lowest BCUT2D eigenvalue weighted by atomic mass is 10.1. The van der Waals surface area contributed by atoms with Crippen molar-refractivity contribution in [2.24, 2.45) is 0 Å². The zero-order valence-corrected chi connectivity index (χ0v) is 16.9. The van der Waals surface area contributed by atoms with Crippen molar-refractivity contribution in [2.45, 2.75) is 31.1 Å². The number of rotatable bonds is 7. The second-order valence-electron chi connectivity index (χ2n) is 6.28. The van der Waals surface area contributed by atoms with Crippen LogP contribution in [-0.2, 0) is 16.4 Å². The van der Waals surface area contributed by atoms with Gasteiger partial charge in [-0.25, -0.2) is 8.42 Å². The van der Waals surface area contributed by atoms with Crippen LogP contribution < -0.4 is 4.31 Å². The van der Waals surface area contributed by atoms with Gasteiger partial charge in [0.05, 0.1) is 16.8 Å². The minimum atomic E-state index is -4.16. The number of amides is 1. The lowest BCUT2D eigenvalue weighted by Gasteiger charge is -2.22. The largest absolute Gasteiger partial charge is 0.459 e. The van der Waals surface area contributed by atoms with E-state index in [0.717, 1.165) is 29.1 Å². The van der Waals surface area contributed by atoms with E-state index in [0.29, 0.717) is 5.02 Å². The normalized spacial score (nSPS) is 11.4. The minimum absolute atomic E-state index is 0.0353. The summed E-state index contributed by atoms with van der Waals surface area (Å²) in [6.07, 6.45) is 4.33. The standard InChI is InChI=1S/C21H20ClNO4S/c1-2-3-5-16-7-11-18(12-8-16)23(21(24)20-6-4-15-27-20)28(25,26)19-13-9-17(22)10-14-19/h4,6-15H,2-3,5H2,1H3. The minimum Gasteiger partial charge on any atom is -0.459 e. The first-order chi connectivity index (χ1) is 13.4. The molecule has 0 radical (unpaired) electrons. The van der Waals surface area contributed by atoms with Crippen molar-refractivity contribution in [3.05, 3.63) is 83.3 Å². The van der Waals surface area contributed by atoms with E-state index >= 15 is 0 Å². The van der Waals surface area contributed by atoms with Gasteiger partial charge in [-0.15, -0.1) is 0 Å². The van der Waals surface area contributed by atoms with Gasteiger partial charge < -0.3 is 4.42 Å². The number of benzene rings is 2. The van der Waals surface area contributed by atoms with E-state index in [9.17, 15) is 13.2 Å². The maximum Gasteiger partial charge on any atom is 0.307 e. The first kappa shape index (κ1) is 20.2. The molecule has 1 heterocycles. The van der Waals surface area contributed by atoms with Crippen molar-refractivity contribution in [3.8, 4) is 0 Å². The first-order valence-electron chi connectivity index (χ1n) is 8.91. The number of furan rings is 1. The van der Waals surface area contributed by atoms with Gasteiger partial charge in [-0.05, 0) is 66.9 Å². The number of anilines is 1. The van der Waals surface area contributed by atoms with E-state index in [1.807, 2.05) is 12.1 Å². The summed E-state index contributed by atoms with van der Waals surface area (Å²) in [5.74, 6) is -0.825. The van der Waals surface area contributed by atoms with Gasteiger partial charge in [-0.1, -0.05) is 37.1 Å². The van der Waals surface area contributed by atoms with Gasteiger partial charge in [-0.2, -0.15) is 4.31 Å². The number of hydrogen-bond acceptors (Lipinski definition) is 4. The third-order valence-electron chi connectivity index (χ3n) is 4.26. The predicted molar refractivity (Wildman–Crippen MR) is 109 cm³/mol. The van der Waals surface area contributed by atoms with E-state index in [-0.39, 0.29) is 16.3 Å². The van der Waals surface area contributed by atoms with E-state index in [2.05, 4.69) is 6.92 Å². The first-order valence-corrected chi connectivity index (χ1v) is 10.7. The van der Waals surface area contributed by atoms with E-state index in [1.54, 1.807) is 12.1 Å². The maximum absolute atomic E-state index is 13.3. The average Bonchev–Trinajstić information content (AvgIpc) is 3.22. The molecule has 7 heteroatoms. The van der Waals surface area contributed by atoms with Crippen molar-refractivity contribution < 1.29 is 17.6 Å². The molecule has 0 saturated carbocycles. The summed E-state index contributed by atoms with van der Waals surface area (Å²) in [5, 5.41) is 0.406. The van der Waals surface area contributed by atoms with Crippen molar-refractivity contribution in [3.63, 3.8) is 0 Å². The third-order valence-corrected chi connectivity index (χ3v) is 6.24. The van der Waals surface area contributed by atoms with E-state index < -0.39 is 15.9 Å². The molecule has 0 aliphatic rings. The number of carbonyl (C=O) groups is 1. The van der Waals surface area contributed by atoms with Crippen LogP contribution in [0.2, 0.25) is 5.02 Å². The van der Waals surface area contributed by atoms with Crippen LogP contribution in [-0.4, -0.2) is 14.3 Å². The molecule has 28 heavy (non-hydrogen) atoms. The Labute approximate surface area is 169 Å². The molecule has 0 fully saturated rings. The van der Waals surface area contributed by atoms with Gasteiger partial charge in [0.15, 0.2) is 5.76 Å². The fraction of sp³-hybridized carbons (Fsp3) is 0.190. The fourth-order valence-corrected chi connectivity index (χ4v) is 4.28. The molecule has 1 amide bonds. The van der Waals surface area contributed by atoms with Crippen LogP contribution >= 0.6 is 11.6 Å². The molecule has 2 aromatic carbocycles. The van der Waals surface area contributed by atoms with Crippen LogP contribution in [0.3, 0.4) is 0 Å². The Morgan fingerprint density at radius 1 is 1.04 bits per heavy atom. The molecule has 0 unspecified atom stereocenters. The smallest absolute Gasteiger partial charge is 0.307 e. The van der Waals surface area contributed by atoms with Crippen LogP contribution in [0.4, 0.5) is 5.69 Å². The van der Waals surface area contributed by atoms with Crippen molar-refractivity contribution in [2.75, 3.05) is 4.31 Å². The van der Waals surface area contributed by atoms with Crippen molar-refractivity contribution in [1.82, 2.24) is 0 Å². The van der Waals surface area contributed by atoms with Crippen LogP contribution in [0, 0.1) is 0 Å². The molecule has 1 aromatic heterocycles. The summed E-state index contributed by atoms with van der Waals surface area (Å²) < 4.78 is 32.4. The topological polar surface area (TPSA) is 67.6 Å². The summed E-state index contributed by atoms with van der Waals surface area (Å²) in [4.78, 5) is 12.9. The van der Waals surface area contributed by atoms with Gasteiger partial charge in [0.25, 0.3) is 10.0 Å². The number of unbranched alkanes of at least 4 members (excludes halogenated alkanes) is 1. The highest BCUT2D eigenvalue weighted by molar-refractivity contribution is 7.93. The lowest BCUT2D eigenvalue weighted by Crippen LogP contribution is -2.36. The van der Waals surface area contributed by atoms with Gasteiger partial charge in [0, 0.05) is 5.02 Å². The quantitative estimate of drug-likeness (QED) is 0.522. The molecular weight excluding hydrogens is 398 g/mol. The Hall–Kier alpha value is -2.57. The number of nitrogens with zero attached hydrogens (tertiary/aromatic N) is 1. The Kier molecular flexibility index (Phi) is 6.21. The average molecular weight is 418 g/mol. The van der Waals surface area contributed by atoms with Crippen LogP contribution in [0.1, 0.15) is 35.9 Å². The number of sulfonamides is 1. The van der Waals surface area contributed by atoms with Gasteiger partial charge in [0.2, 0.25) is 0 Å². The predicted octanol–water partition coefficient (Wildman–Crippen LogP) is 5.31. The van der Waals surface area contributed by atoms with Crippen LogP contribution in [0.15, 0.2) is 76.2 Å². The number of halogens is 1. The molecule has 0 aliphatic heterocycles. The van der Waals surface area contributed by atoms with Crippen LogP contribution in [0.25, 0.3) is 0 Å². The van der Waals surface area contributed by atoms with E-state index in [4.69, 9.17) is 16.0 Å². The fourth-order valence-electron chi connectivity index (χ4n) is 2.76. The molecule has 0 atom stereocenters.